The van der Waals surface area contributed by atoms with Gasteiger partial charge in [-0.3, -0.25) is 0 Å². The van der Waals surface area contributed by atoms with E-state index in [9.17, 15) is 0 Å². The van der Waals surface area contributed by atoms with Crippen LogP contribution in [0.4, 0.5) is 0 Å². The van der Waals surface area contributed by atoms with Gasteiger partial charge in [0.1, 0.15) is 0 Å². The Balaban J connectivity index is 1.40. The van der Waals surface area contributed by atoms with Gasteiger partial charge in [-0.15, -0.1) is 11.3 Å². The van der Waals surface area contributed by atoms with Gasteiger partial charge < -0.3 is 0 Å². The van der Waals surface area contributed by atoms with Gasteiger partial charge in [-0.1, -0.05) is 115 Å². The number of aromatic nitrogens is 2. The summed E-state index contributed by atoms with van der Waals surface area (Å²) in [6.07, 6.45) is 0. The number of fused-ring (bicyclic) bond motifs is 3. The number of thiophene rings is 1. The molecule has 0 bridgehead atoms. The van der Waals surface area contributed by atoms with E-state index in [0.29, 0.717) is 0 Å². The molecule has 5 aromatic carbocycles. The fraction of sp³-hybridized carbons (Fsp3) is 0. The normalized spacial score (nSPS) is 11.2. The second-order valence-electron chi connectivity index (χ2n) is 9.06. The van der Waals surface area contributed by atoms with E-state index in [1.165, 1.54) is 31.3 Å². The molecule has 0 saturated heterocycles. The number of benzene rings is 5. The van der Waals surface area contributed by atoms with Gasteiger partial charge in [0.15, 0.2) is 5.82 Å². The molecule has 0 fully saturated rings. The maximum absolute atomic E-state index is 5.02. The van der Waals surface area contributed by atoms with Gasteiger partial charge in [0.25, 0.3) is 0 Å². The first-order valence-corrected chi connectivity index (χ1v) is 13.2. The van der Waals surface area contributed by atoms with E-state index in [4.69, 9.17) is 9.97 Å². The summed E-state index contributed by atoms with van der Waals surface area (Å²) in [7, 11) is 0. The Morgan fingerprint density at radius 2 is 1.03 bits per heavy atom. The Morgan fingerprint density at radius 3 is 1.84 bits per heavy atom. The van der Waals surface area contributed by atoms with E-state index in [-0.39, 0.29) is 0 Å². The topological polar surface area (TPSA) is 25.8 Å². The van der Waals surface area contributed by atoms with Gasteiger partial charge in [-0.05, 0) is 29.3 Å². The molecular formula is C34H22N2S. The van der Waals surface area contributed by atoms with E-state index in [1.54, 1.807) is 0 Å². The smallest absolute Gasteiger partial charge is 0.160 e. The zero-order valence-corrected chi connectivity index (χ0v) is 20.8. The van der Waals surface area contributed by atoms with Crippen molar-refractivity contribution >= 4 is 31.5 Å². The Hall–Kier alpha value is -4.60. The lowest BCUT2D eigenvalue weighted by atomic mass is 9.99. The molecule has 37 heavy (non-hydrogen) atoms. The molecule has 2 nitrogen and oxygen atoms in total. The van der Waals surface area contributed by atoms with Gasteiger partial charge in [0, 0.05) is 36.9 Å². The maximum atomic E-state index is 5.02. The summed E-state index contributed by atoms with van der Waals surface area (Å²) in [5, 5.41) is 2.62. The molecule has 0 aliphatic rings. The molecule has 0 amide bonds. The monoisotopic (exact) mass is 490 g/mol. The molecule has 0 N–H and O–H groups in total. The van der Waals surface area contributed by atoms with Crippen molar-refractivity contribution in [3.8, 4) is 45.0 Å². The number of nitrogens with zero attached hydrogens (tertiary/aromatic N) is 2. The first-order valence-electron chi connectivity index (χ1n) is 12.3. The fourth-order valence-corrected chi connectivity index (χ4v) is 6.13. The highest BCUT2D eigenvalue weighted by Crippen LogP contribution is 2.40. The lowest BCUT2D eigenvalue weighted by Crippen LogP contribution is -1.96. The van der Waals surface area contributed by atoms with E-state index in [0.717, 1.165) is 33.9 Å². The lowest BCUT2D eigenvalue weighted by Gasteiger charge is -2.11. The molecule has 0 radical (unpaired) electrons. The highest BCUT2D eigenvalue weighted by atomic mass is 32.1. The van der Waals surface area contributed by atoms with Crippen LogP contribution < -0.4 is 0 Å². The second kappa shape index (κ2) is 9.12. The van der Waals surface area contributed by atoms with Crippen LogP contribution in [0.1, 0.15) is 0 Å². The van der Waals surface area contributed by atoms with Crippen LogP contribution in [0, 0.1) is 0 Å². The van der Waals surface area contributed by atoms with Gasteiger partial charge in [-0.25, -0.2) is 9.97 Å². The second-order valence-corrected chi connectivity index (χ2v) is 10.1. The average Bonchev–Trinajstić information content (AvgIpc) is 3.37. The van der Waals surface area contributed by atoms with Crippen molar-refractivity contribution in [2.24, 2.45) is 0 Å². The Bertz CT molecular complexity index is 1810. The summed E-state index contributed by atoms with van der Waals surface area (Å²) >= 11 is 1.86. The summed E-state index contributed by atoms with van der Waals surface area (Å²) in [5.74, 6) is 0.731. The predicted octanol–water partition coefficient (Wildman–Crippen LogP) is 9.51. The van der Waals surface area contributed by atoms with Crippen molar-refractivity contribution < 1.29 is 0 Å². The van der Waals surface area contributed by atoms with Gasteiger partial charge in [0.2, 0.25) is 0 Å². The summed E-state index contributed by atoms with van der Waals surface area (Å²) in [4.78, 5) is 9.96. The number of hydrogen-bond donors (Lipinski definition) is 0. The van der Waals surface area contributed by atoms with Gasteiger partial charge >= 0.3 is 0 Å². The first-order chi connectivity index (χ1) is 18.3. The third-order valence-electron chi connectivity index (χ3n) is 6.70. The van der Waals surface area contributed by atoms with Gasteiger partial charge in [0.05, 0.1) is 11.4 Å². The molecule has 2 heterocycles. The van der Waals surface area contributed by atoms with Crippen molar-refractivity contribution in [1.29, 1.82) is 0 Å². The van der Waals surface area contributed by atoms with Crippen LogP contribution in [0.2, 0.25) is 0 Å². The molecular weight excluding hydrogens is 468 g/mol. The minimum Gasteiger partial charge on any atom is -0.228 e. The number of hydrogen-bond acceptors (Lipinski definition) is 3. The van der Waals surface area contributed by atoms with E-state index < -0.39 is 0 Å². The molecule has 0 atom stereocenters. The molecule has 0 unspecified atom stereocenters. The Labute approximate surface area is 219 Å². The summed E-state index contributed by atoms with van der Waals surface area (Å²) < 4.78 is 2.63. The van der Waals surface area contributed by atoms with Crippen LogP contribution in [0.15, 0.2) is 133 Å². The van der Waals surface area contributed by atoms with E-state index >= 15 is 0 Å². The summed E-state index contributed by atoms with van der Waals surface area (Å²) in [6, 6.07) is 46.6. The third-order valence-corrected chi connectivity index (χ3v) is 7.92. The molecule has 174 valence electrons. The highest BCUT2D eigenvalue weighted by Gasteiger charge is 2.13. The molecule has 2 aromatic heterocycles. The SMILES string of the molecule is c1ccc(-c2cc(-c3cccc(-c4cccc5c4sc4ccccc45)c3)nc(-c3ccccc3)n2)cc1. The molecule has 7 aromatic rings. The number of rotatable bonds is 4. The van der Waals surface area contributed by atoms with E-state index in [2.05, 4.69) is 97.1 Å². The van der Waals surface area contributed by atoms with Crippen molar-refractivity contribution in [3.63, 3.8) is 0 Å². The first kappa shape index (κ1) is 21.7. The Morgan fingerprint density at radius 1 is 0.432 bits per heavy atom. The van der Waals surface area contributed by atoms with Crippen LogP contribution in [0.3, 0.4) is 0 Å². The zero-order chi connectivity index (χ0) is 24.6. The third kappa shape index (κ3) is 4.00. The van der Waals surface area contributed by atoms with Crippen LogP contribution in [0.5, 0.6) is 0 Å². The predicted molar refractivity (Wildman–Crippen MR) is 157 cm³/mol. The zero-order valence-electron chi connectivity index (χ0n) is 20.0. The standard InChI is InChI=1S/C34H22N2S/c1-3-11-23(12-4-1)30-22-31(36-34(35-30)24-13-5-2-6-14-24)26-16-9-15-25(21-26)27-18-10-19-29-28-17-7-8-20-32(28)37-33(27)29/h1-22H. The minimum absolute atomic E-state index is 0.731. The van der Waals surface area contributed by atoms with Crippen molar-refractivity contribution in [2.45, 2.75) is 0 Å². The summed E-state index contributed by atoms with van der Waals surface area (Å²) in [5.41, 5.74) is 7.44. The molecule has 3 heteroatoms. The molecule has 0 spiro atoms. The van der Waals surface area contributed by atoms with Crippen molar-refractivity contribution in [3.05, 3.63) is 133 Å². The van der Waals surface area contributed by atoms with Crippen molar-refractivity contribution in [1.82, 2.24) is 9.97 Å². The van der Waals surface area contributed by atoms with Gasteiger partial charge in [-0.2, -0.15) is 0 Å². The van der Waals surface area contributed by atoms with Crippen LogP contribution in [-0.4, -0.2) is 9.97 Å². The molecule has 0 saturated carbocycles. The van der Waals surface area contributed by atoms with Crippen LogP contribution in [-0.2, 0) is 0 Å². The van der Waals surface area contributed by atoms with Crippen molar-refractivity contribution in [2.75, 3.05) is 0 Å². The highest BCUT2D eigenvalue weighted by molar-refractivity contribution is 7.26. The Kier molecular flexibility index (Phi) is 5.34. The molecule has 0 aliphatic carbocycles. The maximum Gasteiger partial charge on any atom is 0.160 e. The minimum atomic E-state index is 0.731. The summed E-state index contributed by atoms with van der Waals surface area (Å²) in [6.45, 7) is 0. The molecule has 7 rings (SSSR count). The quantitative estimate of drug-likeness (QED) is 0.245. The average molecular weight is 491 g/mol. The fourth-order valence-electron chi connectivity index (χ4n) is 4.89. The lowest BCUT2D eigenvalue weighted by molar-refractivity contribution is 1.18. The van der Waals surface area contributed by atoms with Crippen LogP contribution in [0.25, 0.3) is 65.2 Å². The van der Waals surface area contributed by atoms with Crippen LogP contribution >= 0.6 is 11.3 Å². The molecule has 0 aliphatic heterocycles. The van der Waals surface area contributed by atoms with E-state index in [1.807, 2.05) is 47.7 Å². The largest absolute Gasteiger partial charge is 0.228 e.